The summed E-state index contributed by atoms with van der Waals surface area (Å²) in [5, 5.41) is 0. The van der Waals surface area contributed by atoms with Crippen LogP contribution in [-0.2, 0) is 17.9 Å². The first kappa shape index (κ1) is 9.30. The number of hydrogen-bond acceptors (Lipinski definition) is 4. The maximum absolute atomic E-state index is 5.66. The van der Waals surface area contributed by atoms with Crippen LogP contribution in [0.2, 0.25) is 0 Å². The standard InChI is InChI=1S/C10H13NO3/c1-12-5-7-2-3-9-10(8(7)4-11)14-6-13-9/h2-3H,4-6,11H2,1H3. The number of hydrogen-bond donors (Lipinski definition) is 1. The Morgan fingerprint density at radius 2 is 2.29 bits per heavy atom. The minimum Gasteiger partial charge on any atom is -0.454 e. The summed E-state index contributed by atoms with van der Waals surface area (Å²) in [6.07, 6.45) is 0. The van der Waals surface area contributed by atoms with Gasteiger partial charge in [-0.05, 0) is 11.6 Å². The van der Waals surface area contributed by atoms with E-state index in [2.05, 4.69) is 0 Å². The second-order valence-electron chi connectivity index (χ2n) is 3.07. The molecule has 1 heterocycles. The number of nitrogens with two attached hydrogens (primary N) is 1. The molecule has 0 saturated heterocycles. The van der Waals surface area contributed by atoms with Crippen LogP contribution in [0.15, 0.2) is 12.1 Å². The van der Waals surface area contributed by atoms with E-state index in [1.165, 1.54) is 0 Å². The van der Waals surface area contributed by atoms with E-state index in [1.54, 1.807) is 7.11 Å². The first-order valence-corrected chi connectivity index (χ1v) is 4.46. The van der Waals surface area contributed by atoms with Gasteiger partial charge in [-0.25, -0.2) is 0 Å². The fourth-order valence-electron chi connectivity index (χ4n) is 1.59. The first-order chi connectivity index (χ1) is 6.86. The molecular weight excluding hydrogens is 182 g/mol. The lowest BCUT2D eigenvalue weighted by Gasteiger charge is -2.09. The molecule has 0 spiro atoms. The van der Waals surface area contributed by atoms with Crippen LogP contribution >= 0.6 is 0 Å². The maximum atomic E-state index is 5.66. The Bertz CT molecular complexity index is 338. The van der Waals surface area contributed by atoms with Gasteiger partial charge in [-0.15, -0.1) is 0 Å². The minimum absolute atomic E-state index is 0.277. The van der Waals surface area contributed by atoms with Gasteiger partial charge >= 0.3 is 0 Å². The topological polar surface area (TPSA) is 53.7 Å². The SMILES string of the molecule is COCc1ccc2c(c1CN)OCO2. The quantitative estimate of drug-likeness (QED) is 0.782. The Labute approximate surface area is 82.6 Å². The predicted octanol–water partition coefficient (Wildman–Crippen LogP) is 1.02. The fraction of sp³-hybridized carbons (Fsp3) is 0.400. The van der Waals surface area contributed by atoms with Crippen LogP contribution in [0.1, 0.15) is 11.1 Å². The van der Waals surface area contributed by atoms with Gasteiger partial charge in [0.15, 0.2) is 11.5 Å². The van der Waals surface area contributed by atoms with Gasteiger partial charge in [-0.3, -0.25) is 0 Å². The fourth-order valence-corrected chi connectivity index (χ4v) is 1.59. The molecule has 4 heteroatoms. The lowest BCUT2D eigenvalue weighted by atomic mass is 10.1. The van der Waals surface area contributed by atoms with Crippen molar-refractivity contribution in [2.75, 3.05) is 13.9 Å². The molecule has 0 radical (unpaired) electrons. The molecule has 0 atom stereocenters. The van der Waals surface area contributed by atoms with Crippen molar-refractivity contribution < 1.29 is 14.2 Å². The molecular formula is C10H13NO3. The molecule has 1 aromatic rings. The summed E-state index contributed by atoms with van der Waals surface area (Å²) in [4.78, 5) is 0. The molecule has 4 nitrogen and oxygen atoms in total. The molecule has 14 heavy (non-hydrogen) atoms. The minimum atomic E-state index is 0.277. The van der Waals surface area contributed by atoms with Crippen molar-refractivity contribution in [2.24, 2.45) is 5.73 Å². The molecule has 0 bridgehead atoms. The van der Waals surface area contributed by atoms with Crippen molar-refractivity contribution in [2.45, 2.75) is 13.2 Å². The molecule has 0 aliphatic carbocycles. The summed E-state index contributed by atoms with van der Waals surface area (Å²) in [7, 11) is 1.66. The Balaban J connectivity index is 2.43. The zero-order chi connectivity index (χ0) is 9.97. The van der Waals surface area contributed by atoms with Crippen molar-refractivity contribution in [1.29, 1.82) is 0 Å². The Morgan fingerprint density at radius 3 is 3.00 bits per heavy atom. The highest BCUT2D eigenvalue weighted by Crippen LogP contribution is 2.37. The summed E-state index contributed by atoms with van der Waals surface area (Å²) in [6.45, 7) is 1.26. The van der Waals surface area contributed by atoms with E-state index in [9.17, 15) is 0 Å². The Morgan fingerprint density at radius 1 is 1.43 bits per heavy atom. The van der Waals surface area contributed by atoms with Crippen molar-refractivity contribution >= 4 is 0 Å². The molecule has 2 N–H and O–H groups in total. The van der Waals surface area contributed by atoms with Crippen molar-refractivity contribution in [3.63, 3.8) is 0 Å². The number of rotatable bonds is 3. The average Bonchev–Trinajstić information content (AvgIpc) is 2.66. The molecule has 0 amide bonds. The monoisotopic (exact) mass is 195 g/mol. The van der Waals surface area contributed by atoms with Gasteiger partial charge in [0, 0.05) is 19.2 Å². The predicted molar refractivity (Wildman–Crippen MR) is 51.2 cm³/mol. The average molecular weight is 195 g/mol. The molecule has 0 fully saturated rings. The summed E-state index contributed by atoms with van der Waals surface area (Å²) < 4.78 is 15.7. The van der Waals surface area contributed by atoms with Crippen LogP contribution in [0.25, 0.3) is 0 Å². The number of ether oxygens (including phenoxy) is 3. The molecule has 2 rings (SSSR count). The summed E-state index contributed by atoms with van der Waals surface area (Å²) in [5.41, 5.74) is 7.69. The van der Waals surface area contributed by atoms with Gasteiger partial charge < -0.3 is 19.9 Å². The van der Waals surface area contributed by atoms with E-state index in [0.29, 0.717) is 13.2 Å². The van der Waals surface area contributed by atoms with Gasteiger partial charge in [0.2, 0.25) is 6.79 Å². The molecule has 1 aliphatic rings. The van der Waals surface area contributed by atoms with Crippen LogP contribution in [0, 0.1) is 0 Å². The third-order valence-corrected chi connectivity index (χ3v) is 2.24. The largest absolute Gasteiger partial charge is 0.454 e. The molecule has 0 aromatic heterocycles. The highest BCUT2D eigenvalue weighted by atomic mass is 16.7. The van der Waals surface area contributed by atoms with Crippen molar-refractivity contribution in [3.05, 3.63) is 23.3 Å². The van der Waals surface area contributed by atoms with E-state index < -0.39 is 0 Å². The molecule has 76 valence electrons. The van der Waals surface area contributed by atoms with Crippen LogP contribution < -0.4 is 15.2 Å². The van der Waals surface area contributed by atoms with E-state index in [-0.39, 0.29) is 6.79 Å². The van der Waals surface area contributed by atoms with Crippen LogP contribution in [0.4, 0.5) is 0 Å². The third-order valence-electron chi connectivity index (χ3n) is 2.24. The van der Waals surface area contributed by atoms with Gasteiger partial charge in [-0.2, -0.15) is 0 Å². The normalized spacial score (nSPS) is 13.3. The van der Waals surface area contributed by atoms with Crippen molar-refractivity contribution in [1.82, 2.24) is 0 Å². The van der Waals surface area contributed by atoms with E-state index in [4.69, 9.17) is 19.9 Å². The number of fused-ring (bicyclic) bond motifs is 1. The summed E-state index contributed by atoms with van der Waals surface area (Å²) >= 11 is 0. The second kappa shape index (κ2) is 3.86. The first-order valence-electron chi connectivity index (χ1n) is 4.46. The zero-order valence-corrected chi connectivity index (χ0v) is 8.08. The molecule has 0 unspecified atom stereocenters. The molecule has 1 aliphatic heterocycles. The molecule has 1 aromatic carbocycles. The Kier molecular flexibility index (Phi) is 2.56. The third kappa shape index (κ3) is 1.42. The smallest absolute Gasteiger partial charge is 0.231 e. The van der Waals surface area contributed by atoms with E-state index in [1.807, 2.05) is 12.1 Å². The van der Waals surface area contributed by atoms with Gasteiger partial charge in [0.05, 0.1) is 6.61 Å². The van der Waals surface area contributed by atoms with Gasteiger partial charge in [0.25, 0.3) is 0 Å². The highest BCUT2D eigenvalue weighted by molar-refractivity contribution is 5.51. The highest BCUT2D eigenvalue weighted by Gasteiger charge is 2.19. The number of benzene rings is 1. The summed E-state index contributed by atoms with van der Waals surface area (Å²) in [6, 6.07) is 3.84. The van der Waals surface area contributed by atoms with Gasteiger partial charge in [-0.1, -0.05) is 6.07 Å². The van der Waals surface area contributed by atoms with Crippen LogP contribution in [0.3, 0.4) is 0 Å². The lowest BCUT2D eigenvalue weighted by molar-refractivity contribution is 0.172. The number of methoxy groups -OCH3 is 1. The lowest BCUT2D eigenvalue weighted by Crippen LogP contribution is -2.04. The van der Waals surface area contributed by atoms with Gasteiger partial charge in [0.1, 0.15) is 0 Å². The van der Waals surface area contributed by atoms with Crippen molar-refractivity contribution in [3.8, 4) is 11.5 Å². The van der Waals surface area contributed by atoms with E-state index in [0.717, 1.165) is 22.6 Å². The maximum Gasteiger partial charge on any atom is 0.231 e. The molecule has 0 saturated carbocycles. The zero-order valence-electron chi connectivity index (χ0n) is 8.08. The second-order valence-corrected chi connectivity index (χ2v) is 3.07. The van der Waals surface area contributed by atoms with Crippen LogP contribution in [-0.4, -0.2) is 13.9 Å². The van der Waals surface area contributed by atoms with E-state index >= 15 is 0 Å². The Hall–Kier alpha value is -1.26. The van der Waals surface area contributed by atoms with Crippen LogP contribution in [0.5, 0.6) is 11.5 Å². The summed E-state index contributed by atoms with van der Waals surface area (Å²) in [5.74, 6) is 1.53.